The number of nitrogens with zero attached hydrogens (tertiary/aromatic N) is 1. The van der Waals surface area contributed by atoms with Crippen molar-refractivity contribution in [3.8, 4) is 22.3 Å². The molecular formula is C51H49NO. The van der Waals surface area contributed by atoms with E-state index >= 15 is 0 Å². The molecule has 3 aliphatic rings. The quantitative estimate of drug-likeness (QED) is 0.173. The Hall–Kier alpha value is -5.08. The van der Waals surface area contributed by atoms with E-state index in [1.54, 1.807) is 0 Å². The first kappa shape index (κ1) is 32.6. The average molecular weight is 692 g/mol. The molecule has 2 fully saturated rings. The molecule has 0 N–H and O–H groups in total. The van der Waals surface area contributed by atoms with Crippen LogP contribution < -0.4 is 4.90 Å². The summed E-state index contributed by atoms with van der Waals surface area (Å²) in [6, 6.07) is 48.1. The van der Waals surface area contributed by atoms with E-state index in [0.717, 1.165) is 34.1 Å². The fraction of sp³-hybridized carbons (Fsp3) is 0.294. The minimum Gasteiger partial charge on any atom is -0.454 e. The lowest BCUT2D eigenvalue weighted by Gasteiger charge is -2.28. The van der Waals surface area contributed by atoms with E-state index in [9.17, 15) is 0 Å². The Morgan fingerprint density at radius 1 is 0.509 bits per heavy atom. The van der Waals surface area contributed by atoms with E-state index in [2.05, 4.69) is 146 Å². The first-order valence-corrected chi connectivity index (χ1v) is 20.2. The van der Waals surface area contributed by atoms with Gasteiger partial charge in [-0.15, -0.1) is 0 Å². The van der Waals surface area contributed by atoms with Gasteiger partial charge in [-0.2, -0.15) is 0 Å². The molecule has 10 rings (SSSR count). The number of fused-ring (bicyclic) bond motifs is 6. The molecule has 7 aromatic rings. The Morgan fingerprint density at radius 3 is 1.85 bits per heavy atom. The molecule has 0 amide bonds. The Balaban J connectivity index is 1.10. The third kappa shape index (κ3) is 5.52. The topological polar surface area (TPSA) is 16.4 Å². The third-order valence-corrected chi connectivity index (χ3v) is 13.1. The van der Waals surface area contributed by atoms with Crippen molar-refractivity contribution in [3.63, 3.8) is 0 Å². The molecule has 2 saturated carbocycles. The lowest BCUT2D eigenvalue weighted by Crippen LogP contribution is -2.16. The second-order valence-electron chi connectivity index (χ2n) is 16.6. The van der Waals surface area contributed by atoms with Crippen LogP contribution in [0.4, 0.5) is 17.1 Å². The Labute approximate surface area is 314 Å². The second-order valence-corrected chi connectivity index (χ2v) is 16.6. The zero-order valence-electron chi connectivity index (χ0n) is 31.2. The van der Waals surface area contributed by atoms with E-state index in [1.165, 1.54) is 119 Å². The van der Waals surface area contributed by atoms with Crippen molar-refractivity contribution < 1.29 is 4.42 Å². The van der Waals surface area contributed by atoms with Gasteiger partial charge in [0.05, 0.1) is 5.69 Å². The minimum absolute atomic E-state index is 0.0957. The summed E-state index contributed by atoms with van der Waals surface area (Å²) in [6.45, 7) is 4.74. The van der Waals surface area contributed by atoms with E-state index in [4.69, 9.17) is 4.42 Å². The van der Waals surface area contributed by atoms with Crippen molar-refractivity contribution in [1.29, 1.82) is 0 Å². The van der Waals surface area contributed by atoms with E-state index in [0.29, 0.717) is 5.92 Å². The van der Waals surface area contributed by atoms with E-state index in [1.807, 2.05) is 0 Å². The predicted molar refractivity (Wildman–Crippen MR) is 223 cm³/mol. The molecule has 53 heavy (non-hydrogen) atoms. The number of furan rings is 1. The standard InChI is InChI=1S/C51H49NO/c1-51(2)46-21-10-9-17-42(46)43-32-31-40(33-47(43)51)52(39-29-27-37(28-30-39)36-25-23-35(24-26-36)34-13-5-3-6-14-34)48-22-12-20-45-44-19-11-18-41(49(44)53-50(45)48)38-15-7-4-8-16-38/h9-12,17-34,38H,3-8,13-16H2,1-2H3. The van der Waals surface area contributed by atoms with Crippen LogP contribution in [0.2, 0.25) is 0 Å². The van der Waals surface area contributed by atoms with Crippen LogP contribution in [0.25, 0.3) is 44.2 Å². The summed E-state index contributed by atoms with van der Waals surface area (Å²) in [5.74, 6) is 1.29. The SMILES string of the molecule is CC1(C)c2ccccc2-c2ccc(N(c3ccc(-c4ccc(C5CCCCC5)cc4)cc3)c3cccc4c3oc3c(C5CCCCC5)cccc34)cc21. The summed E-state index contributed by atoms with van der Waals surface area (Å²) in [7, 11) is 0. The molecule has 1 aromatic heterocycles. The molecule has 2 heteroatoms. The summed E-state index contributed by atoms with van der Waals surface area (Å²) >= 11 is 0. The molecule has 3 aliphatic carbocycles. The van der Waals surface area contributed by atoms with Crippen molar-refractivity contribution in [2.75, 3.05) is 4.90 Å². The highest BCUT2D eigenvalue weighted by Crippen LogP contribution is 2.52. The van der Waals surface area contributed by atoms with Crippen LogP contribution in [0.1, 0.15) is 112 Å². The maximum atomic E-state index is 7.09. The van der Waals surface area contributed by atoms with Crippen LogP contribution in [0.3, 0.4) is 0 Å². The maximum absolute atomic E-state index is 7.09. The predicted octanol–water partition coefficient (Wildman–Crippen LogP) is 15.1. The molecule has 0 bridgehead atoms. The smallest absolute Gasteiger partial charge is 0.159 e. The van der Waals surface area contributed by atoms with Gasteiger partial charge >= 0.3 is 0 Å². The first-order valence-electron chi connectivity index (χ1n) is 20.2. The number of para-hydroxylation sites is 2. The third-order valence-electron chi connectivity index (χ3n) is 13.1. The highest BCUT2D eigenvalue weighted by molar-refractivity contribution is 6.11. The zero-order chi connectivity index (χ0) is 35.5. The van der Waals surface area contributed by atoms with Crippen molar-refractivity contribution in [2.24, 2.45) is 0 Å². The minimum atomic E-state index is -0.0957. The van der Waals surface area contributed by atoms with Crippen molar-refractivity contribution in [3.05, 3.63) is 150 Å². The van der Waals surface area contributed by atoms with Crippen molar-refractivity contribution in [2.45, 2.75) is 95.3 Å². The number of rotatable bonds is 6. The van der Waals surface area contributed by atoms with Gasteiger partial charge in [0.15, 0.2) is 5.58 Å². The summed E-state index contributed by atoms with van der Waals surface area (Å²) in [4.78, 5) is 2.43. The number of benzene rings is 6. The lowest BCUT2D eigenvalue weighted by molar-refractivity contribution is 0.442. The molecule has 6 aromatic carbocycles. The van der Waals surface area contributed by atoms with Gasteiger partial charge in [-0.05, 0) is 112 Å². The molecule has 0 saturated heterocycles. The molecule has 2 nitrogen and oxygen atoms in total. The Kier molecular flexibility index (Phi) is 8.05. The Morgan fingerprint density at radius 2 is 1.11 bits per heavy atom. The van der Waals surface area contributed by atoms with Crippen molar-refractivity contribution >= 4 is 39.0 Å². The van der Waals surface area contributed by atoms with Crippen LogP contribution in [0, 0.1) is 0 Å². The van der Waals surface area contributed by atoms with E-state index < -0.39 is 0 Å². The number of anilines is 3. The van der Waals surface area contributed by atoms with Gasteiger partial charge in [-0.3, -0.25) is 0 Å². The van der Waals surface area contributed by atoms with Gasteiger partial charge < -0.3 is 9.32 Å². The van der Waals surface area contributed by atoms with Gasteiger partial charge in [-0.25, -0.2) is 0 Å². The van der Waals surface area contributed by atoms with Gasteiger partial charge in [0.1, 0.15) is 5.58 Å². The van der Waals surface area contributed by atoms with E-state index in [-0.39, 0.29) is 5.41 Å². The summed E-state index contributed by atoms with van der Waals surface area (Å²) < 4.78 is 7.09. The largest absolute Gasteiger partial charge is 0.454 e. The second kappa shape index (κ2) is 13.1. The summed E-state index contributed by atoms with van der Waals surface area (Å²) in [6.07, 6.45) is 13.2. The van der Waals surface area contributed by atoms with Crippen LogP contribution in [-0.2, 0) is 5.41 Å². The average Bonchev–Trinajstić information content (AvgIpc) is 3.72. The fourth-order valence-electron chi connectivity index (χ4n) is 10.2. The van der Waals surface area contributed by atoms with Crippen LogP contribution in [0.15, 0.2) is 132 Å². The Bertz CT molecular complexity index is 2430. The van der Waals surface area contributed by atoms with Gasteiger partial charge in [0.2, 0.25) is 0 Å². The molecule has 0 aliphatic heterocycles. The van der Waals surface area contributed by atoms with Crippen molar-refractivity contribution in [1.82, 2.24) is 0 Å². The lowest BCUT2D eigenvalue weighted by atomic mass is 9.82. The summed E-state index contributed by atoms with van der Waals surface area (Å²) in [5, 5.41) is 2.41. The fourth-order valence-corrected chi connectivity index (χ4v) is 10.2. The van der Waals surface area contributed by atoms with Crippen LogP contribution in [0.5, 0.6) is 0 Å². The highest BCUT2D eigenvalue weighted by Gasteiger charge is 2.36. The van der Waals surface area contributed by atoms with Crippen LogP contribution in [-0.4, -0.2) is 0 Å². The highest BCUT2D eigenvalue weighted by atomic mass is 16.3. The molecule has 0 spiro atoms. The monoisotopic (exact) mass is 691 g/mol. The molecule has 0 atom stereocenters. The summed E-state index contributed by atoms with van der Waals surface area (Å²) in [5.41, 5.74) is 16.1. The maximum Gasteiger partial charge on any atom is 0.159 e. The number of hydrogen-bond acceptors (Lipinski definition) is 2. The molecular weight excluding hydrogens is 643 g/mol. The van der Waals surface area contributed by atoms with Crippen LogP contribution >= 0.6 is 0 Å². The molecule has 0 unspecified atom stereocenters. The zero-order valence-corrected chi connectivity index (χ0v) is 31.2. The van der Waals surface area contributed by atoms with Gasteiger partial charge in [0.25, 0.3) is 0 Å². The molecule has 264 valence electrons. The molecule has 1 heterocycles. The van der Waals surface area contributed by atoms with Gasteiger partial charge in [-0.1, -0.05) is 149 Å². The first-order chi connectivity index (χ1) is 26.0. The molecule has 0 radical (unpaired) electrons. The van der Waals surface area contributed by atoms with Gasteiger partial charge in [0, 0.05) is 27.6 Å². The number of hydrogen-bond donors (Lipinski definition) is 0. The normalized spacial score (nSPS) is 17.2.